The average Bonchev–Trinajstić information content (AvgIpc) is 2.48. The fourth-order valence-corrected chi connectivity index (χ4v) is 1.96. The highest BCUT2D eigenvalue weighted by molar-refractivity contribution is 6.22. The van der Waals surface area contributed by atoms with E-state index in [4.69, 9.17) is 22.1 Å². The third-order valence-electron chi connectivity index (χ3n) is 2.66. The first-order valence-corrected chi connectivity index (χ1v) is 6.33. The van der Waals surface area contributed by atoms with Crippen LogP contribution in [0.3, 0.4) is 0 Å². The van der Waals surface area contributed by atoms with Gasteiger partial charge in [0.05, 0.1) is 22.5 Å². The van der Waals surface area contributed by atoms with Crippen molar-refractivity contribution in [1.29, 1.82) is 10.5 Å². The lowest BCUT2D eigenvalue weighted by molar-refractivity contribution is 1.11. The number of alkyl halides is 1. The smallest absolute Gasteiger partial charge is 0.175 e. The summed E-state index contributed by atoms with van der Waals surface area (Å²) < 4.78 is 0. The highest BCUT2D eigenvalue weighted by atomic mass is 35.5. The molecule has 0 radical (unpaired) electrons. The van der Waals surface area contributed by atoms with E-state index in [-0.39, 0.29) is 0 Å². The van der Waals surface area contributed by atoms with Crippen molar-refractivity contribution in [3.8, 4) is 12.1 Å². The lowest BCUT2D eigenvalue weighted by Crippen LogP contribution is -2.23. The van der Waals surface area contributed by atoms with Crippen LogP contribution in [0, 0.1) is 22.7 Å². The fourth-order valence-electron chi connectivity index (χ4n) is 1.72. The van der Waals surface area contributed by atoms with Crippen molar-refractivity contribution in [3.05, 3.63) is 59.7 Å². The summed E-state index contributed by atoms with van der Waals surface area (Å²) in [4.78, 5) is 0. The summed E-state index contributed by atoms with van der Waals surface area (Å²) in [5.41, 5.74) is 1.65. The number of benzene rings is 2. The molecule has 0 aliphatic carbocycles. The number of halogens is 1. The second kappa shape index (κ2) is 6.47. The van der Waals surface area contributed by atoms with Crippen LogP contribution in [0.4, 0.5) is 11.4 Å². The summed E-state index contributed by atoms with van der Waals surface area (Å²) in [5, 5.41) is 24.0. The molecule has 5 heteroatoms. The molecule has 0 fully saturated rings. The fraction of sp³-hybridized carbons (Fsp3) is 0.0667. The Morgan fingerprint density at radius 1 is 0.800 bits per heavy atom. The van der Waals surface area contributed by atoms with Gasteiger partial charge in [-0.15, -0.1) is 0 Å². The van der Waals surface area contributed by atoms with Crippen LogP contribution in [-0.4, -0.2) is 5.62 Å². The number of anilines is 2. The molecule has 98 valence electrons. The molecule has 0 heterocycles. The minimum absolute atomic E-state index is 0.508. The van der Waals surface area contributed by atoms with Crippen molar-refractivity contribution in [2.45, 2.75) is 5.62 Å². The normalized spacial score (nSPS) is 9.60. The predicted molar refractivity (Wildman–Crippen MR) is 79.2 cm³/mol. The predicted octanol–water partition coefficient (Wildman–Crippen LogP) is 3.48. The van der Waals surface area contributed by atoms with Gasteiger partial charge in [-0.2, -0.15) is 10.5 Å². The van der Waals surface area contributed by atoms with Crippen LogP contribution in [0.2, 0.25) is 0 Å². The van der Waals surface area contributed by atoms with Crippen LogP contribution in [0.1, 0.15) is 11.1 Å². The lowest BCUT2D eigenvalue weighted by Gasteiger charge is -2.17. The summed E-state index contributed by atoms with van der Waals surface area (Å²) in [6.07, 6.45) is 0. The molecule has 4 nitrogen and oxygen atoms in total. The Morgan fingerprint density at radius 2 is 1.20 bits per heavy atom. The maximum absolute atomic E-state index is 9.01. The summed E-state index contributed by atoms with van der Waals surface area (Å²) in [5.74, 6) is 0. The molecule has 2 rings (SSSR count). The minimum atomic E-state index is -0.640. The van der Waals surface area contributed by atoms with E-state index in [1.54, 1.807) is 36.4 Å². The summed E-state index contributed by atoms with van der Waals surface area (Å²) in [6, 6.07) is 18.3. The standard InChI is InChI=1S/C15H11ClN4/c16-15(19-13-7-3-1-5-11(13)9-17)20-14-8-4-2-6-12(14)10-18/h1-8,15,19-20H. The Labute approximate surface area is 122 Å². The number of nitrogens with zero attached hydrogens (tertiary/aromatic N) is 2. The van der Waals surface area contributed by atoms with E-state index in [1.165, 1.54) is 0 Å². The van der Waals surface area contributed by atoms with Gasteiger partial charge in [0.2, 0.25) is 0 Å². The molecule has 0 saturated carbocycles. The number of hydrogen-bond acceptors (Lipinski definition) is 4. The van der Waals surface area contributed by atoms with Crippen molar-refractivity contribution < 1.29 is 0 Å². The van der Waals surface area contributed by atoms with Crippen LogP contribution in [-0.2, 0) is 0 Å². The van der Waals surface area contributed by atoms with E-state index in [0.29, 0.717) is 22.5 Å². The van der Waals surface area contributed by atoms with E-state index >= 15 is 0 Å². The molecular formula is C15H11ClN4. The summed E-state index contributed by atoms with van der Waals surface area (Å²) in [6.45, 7) is 0. The maximum Gasteiger partial charge on any atom is 0.175 e. The van der Waals surface area contributed by atoms with Crippen molar-refractivity contribution in [3.63, 3.8) is 0 Å². The van der Waals surface area contributed by atoms with E-state index in [1.807, 2.05) is 12.1 Å². The summed E-state index contributed by atoms with van der Waals surface area (Å²) >= 11 is 6.17. The number of nitrogens with one attached hydrogen (secondary N) is 2. The van der Waals surface area contributed by atoms with Crippen LogP contribution in [0.5, 0.6) is 0 Å². The van der Waals surface area contributed by atoms with Crippen LogP contribution in [0.15, 0.2) is 48.5 Å². The molecule has 0 aliphatic heterocycles. The molecule has 0 aliphatic rings. The zero-order valence-corrected chi connectivity index (χ0v) is 11.2. The van der Waals surface area contributed by atoms with E-state index in [2.05, 4.69) is 22.8 Å². The highest BCUT2D eigenvalue weighted by Crippen LogP contribution is 2.19. The average molecular weight is 283 g/mol. The molecule has 0 spiro atoms. The Hall–Kier alpha value is -2.69. The van der Waals surface area contributed by atoms with Crippen LogP contribution in [0.25, 0.3) is 0 Å². The van der Waals surface area contributed by atoms with Gasteiger partial charge in [-0.25, -0.2) is 0 Å². The third-order valence-corrected chi connectivity index (χ3v) is 2.88. The van der Waals surface area contributed by atoms with Gasteiger partial charge in [0, 0.05) is 0 Å². The van der Waals surface area contributed by atoms with Gasteiger partial charge in [-0.05, 0) is 24.3 Å². The van der Waals surface area contributed by atoms with Gasteiger partial charge in [-0.1, -0.05) is 35.9 Å². The van der Waals surface area contributed by atoms with Crippen molar-refractivity contribution in [1.82, 2.24) is 0 Å². The monoisotopic (exact) mass is 282 g/mol. The first-order chi connectivity index (χ1) is 9.74. The number of nitriles is 2. The zero-order chi connectivity index (χ0) is 14.4. The topological polar surface area (TPSA) is 71.6 Å². The van der Waals surface area contributed by atoms with Crippen LogP contribution >= 0.6 is 11.6 Å². The number of para-hydroxylation sites is 2. The molecule has 0 saturated heterocycles. The minimum Gasteiger partial charge on any atom is -0.352 e. The molecule has 0 atom stereocenters. The lowest BCUT2D eigenvalue weighted by atomic mass is 10.2. The van der Waals surface area contributed by atoms with Crippen molar-refractivity contribution in [2.75, 3.05) is 10.6 Å². The van der Waals surface area contributed by atoms with Gasteiger partial charge in [-0.3, -0.25) is 0 Å². The van der Waals surface area contributed by atoms with E-state index in [9.17, 15) is 0 Å². The van der Waals surface area contributed by atoms with E-state index in [0.717, 1.165) is 0 Å². The second-order valence-corrected chi connectivity index (χ2v) is 4.40. The molecule has 2 aromatic rings. The first-order valence-electron chi connectivity index (χ1n) is 5.90. The third kappa shape index (κ3) is 3.20. The van der Waals surface area contributed by atoms with Gasteiger partial charge in [0.15, 0.2) is 5.62 Å². The molecule has 2 aromatic carbocycles. The van der Waals surface area contributed by atoms with Crippen molar-refractivity contribution >= 4 is 23.0 Å². The quantitative estimate of drug-likeness (QED) is 0.512. The second-order valence-electron chi connectivity index (χ2n) is 3.97. The SMILES string of the molecule is N#Cc1ccccc1NC(Cl)Nc1ccccc1C#N. The van der Waals surface area contributed by atoms with Gasteiger partial charge < -0.3 is 10.6 Å². The van der Waals surface area contributed by atoms with Crippen molar-refractivity contribution in [2.24, 2.45) is 0 Å². The molecule has 0 bridgehead atoms. The summed E-state index contributed by atoms with van der Waals surface area (Å²) in [7, 11) is 0. The van der Waals surface area contributed by atoms with Gasteiger partial charge >= 0.3 is 0 Å². The Balaban J connectivity index is 2.12. The highest BCUT2D eigenvalue weighted by Gasteiger charge is 2.09. The van der Waals surface area contributed by atoms with Gasteiger partial charge in [0.1, 0.15) is 12.1 Å². The van der Waals surface area contributed by atoms with Crippen LogP contribution < -0.4 is 10.6 Å². The van der Waals surface area contributed by atoms with Gasteiger partial charge in [0.25, 0.3) is 0 Å². The number of rotatable bonds is 4. The molecule has 20 heavy (non-hydrogen) atoms. The molecule has 2 N–H and O–H groups in total. The Bertz CT molecular complexity index is 625. The molecule has 0 unspecified atom stereocenters. The zero-order valence-electron chi connectivity index (χ0n) is 10.5. The molecular weight excluding hydrogens is 272 g/mol. The first kappa shape index (κ1) is 13.7. The number of hydrogen-bond donors (Lipinski definition) is 2. The molecule has 0 aromatic heterocycles. The largest absolute Gasteiger partial charge is 0.352 e. The van der Waals surface area contributed by atoms with E-state index < -0.39 is 5.62 Å². The maximum atomic E-state index is 9.01. The molecule has 0 amide bonds. The Morgan fingerprint density at radius 3 is 1.60 bits per heavy atom. The Kier molecular flexibility index (Phi) is 4.44.